The Morgan fingerprint density at radius 1 is 1.27 bits per heavy atom. The highest BCUT2D eigenvalue weighted by atomic mass is 16.6. The Balaban J connectivity index is 2.31. The third-order valence-electron chi connectivity index (χ3n) is 4.81. The molecule has 2 rings (SSSR count). The van der Waals surface area contributed by atoms with E-state index in [1.165, 1.54) is 12.8 Å². The predicted molar refractivity (Wildman–Crippen MR) is 59.4 cm³/mol. The first kappa shape index (κ1) is 11.0. The van der Waals surface area contributed by atoms with Crippen molar-refractivity contribution in [3.05, 3.63) is 0 Å². The number of ether oxygens (including phenoxy) is 1. The standard InChI is InChI=1S/C13H22O2/c1-9-8-13(11(14)15-9)7-5-6-12(3,4)10(13)2/h9-10H,5-8H2,1-4H3. The van der Waals surface area contributed by atoms with E-state index in [1.807, 2.05) is 6.92 Å². The zero-order valence-electron chi connectivity index (χ0n) is 10.3. The van der Waals surface area contributed by atoms with E-state index in [0.717, 1.165) is 12.8 Å². The molecule has 1 saturated carbocycles. The van der Waals surface area contributed by atoms with Gasteiger partial charge in [-0.3, -0.25) is 4.79 Å². The fraction of sp³-hybridized carbons (Fsp3) is 0.923. The van der Waals surface area contributed by atoms with Gasteiger partial charge in [0, 0.05) is 6.42 Å². The minimum absolute atomic E-state index is 0.0651. The van der Waals surface area contributed by atoms with Gasteiger partial charge in [0.15, 0.2) is 0 Å². The summed E-state index contributed by atoms with van der Waals surface area (Å²) in [7, 11) is 0. The summed E-state index contributed by atoms with van der Waals surface area (Å²) in [6.07, 6.45) is 4.47. The normalized spacial score (nSPS) is 44.4. The van der Waals surface area contributed by atoms with Crippen LogP contribution < -0.4 is 0 Å². The Hall–Kier alpha value is -0.530. The number of hydrogen-bond donors (Lipinski definition) is 0. The van der Waals surface area contributed by atoms with Gasteiger partial charge in [0.05, 0.1) is 5.41 Å². The van der Waals surface area contributed by atoms with E-state index >= 15 is 0 Å². The van der Waals surface area contributed by atoms with Crippen molar-refractivity contribution in [1.29, 1.82) is 0 Å². The maximum atomic E-state index is 12.0. The fourth-order valence-electron chi connectivity index (χ4n) is 3.54. The molecular weight excluding hydrogens is 188 g/mol. The van der Waals surface area contributed by atoms with Crippen LogP contribution in [0.4, 0.5) is 0 Å². The Bertz CT molecular complexity index is 282. The van der Waals surface area contributed by atoms with Crippen molar-refractivity contribution in [3.63, 3.8) is 0 Å². The average molecular weight is 210 g/mol. The van der Waals surface area contributed by atoms with Gasteiger partial charge < -0.3 is 4.74 Å². The number of carbonyl (C=O) groups excluding carboxylic acids is 1. The molecule has 0 N–H and O–H groups in total. The Morgan fingerprint density at radius 2 is 1.93 bits per heavy atom. The van der Waals surface area contributed by atoms with Crippen LogP contribution in [0.5, 0.6) is 0 Å². The van der Waals surface area contributed by atoms with Crippen LogP contribution in [0.2, 0.25) is 0 Å². The van der Waals surface area contributed by atoms with Gasteiger partial charge in [0.25, 0.3) is 0 Å². The SMILES string of the molecule is CC1CC2(CCCC(C)(C)C2C)C(=O)O1. The van der Waals surface area contributed by atoms with E-state index in [4.69, 9.17) is 4.74 Å². The monoisotopic (exact) mass is 210 g/mol. The molecule has 3 unspecified atom stereocenters. The molecule has 0 radical (unpaired) electrons. The molecule has 15 heavy (non-hydrogen) atoms. The topological polar surface area (TPSA) is 26.3 Å². The lowest BCUT2D eigenvalue weighted by atomic mass is 9.55. The molecule has 0 amide bonds. The molecule has 2 nitrogen and oxygen atoms in total. The van der Waals surface area contributed by atoms with Gasteiger partial charge in [-0.25, -0.2) is 0 Å². The van der Waals surface area contributed by atoms with E-state index in [1.54, 1.807) is 0 Å². The third-order valence-corrected chi connectivity index (χ3v) is 4.81. The maximum Gasteiger partial charge on any atom is 0.312 e. The molecule has 2 heteroatoms. The smallest absolute Gasteiger partial charge is 0.312 e. The Morgan fingerprint density at radius 3 is 2.47 bits per heavy atom. The predicted octanol–water partition coefficient (Wildman–Crippen LogP) is 3.15. The van der Waals surface area contributed by atoms with Crippen LogP contribution >= 0.6 is 0 Å². The summed E-state index contributed by atoms with van der Waals surface area (Å²) in [5.41, 5.74) is 0.114. The highest BCUT2D eigenvalue weighted by molar-refractivity contribution is 5.79. The van der Waals surface area contributed by atoms with Crippen LogP contribution in [0.3, 0.4) is 0 Å². The van der Waals surface area contributed by atoms with Gasteiger partial charge >= 0.3 is 5.97 Å². The summed E-state index contributed by atoms with van der Waals surface area (Å²) in [5.74, 6) is 0.506. The lowest BCUT2D eigenvalue weighted by Crippen LogP contribution is -2.45. The zero-order valence-corrected chi connectivity index (χ0v) is 10.3. The molecule has 2 aliphatic rings. The zero-order chi connectivity index (χ0) is 11.3. The third kappa shape index (κ3) is 1.49. The molecule has 0 aromatic rings. The second kappa shape index (κ2) is 3.23. The highest BCUT2D eigenvalue weighted by Gasteiger charge is 2.56. The molecule has 1 spiro atoms. The average Bonchev–Trinajstić information content (AvgIpc) is 2.39. The molecule has 3 atom stereocenters. The summed E-state index contributed by atoms with van der Waals surface area (Å²) in [5, 5.41) is 0. The maximum absolute atomic E-state index is 12.0. The molecular formula is C13H22O2. The van der Waals surface area contributed by atoms with Crippen molar-refractivity contribution >= 4 is 5.97 Å². The molecule has 1 heterocycles. The highest BCUT2D eigenvalue weighted by Crippen LogP contribution is 2.56. The fourth-order valence-corrected chi connectivity index (χ4v) is 3.54. The largest absolute Gasteiger partial charge is 0.462 e. The van der Waals surface area contributed by atoms with Gasteiger partial charge in [-0.2, -0.15) is 0 Å². The molecule has 0 bridgehead atoms. The van der Waals surface area contributed by atoms with E-state index in [9.17, 15) is 4.79 Å². The van der Waals surface area contributed by atoms with E-state index in [0.29, 0.717) is 5.92 Å². The molecule has 86 valence electrons. The van der Waals surface area contributed by atoms with Crippen molar-refractivity contribution in [3.8, 4) is 0 Å². The van der Waals surface area contributed by atoms with Gasteiger partial charge in [-0.15, -0.1) is 0 Å². The number of esters is 1. The minimum Gasteiger partial charge on any atom is -0.462 e. The summed E-state index contributed by atoms with van der Waals surface area (Å²) in [4.78, 5) is 12.0. The van der Waals surface area contributed by atoms with Crippen LogP contribution in [0, 0.1) is 16.7 Å². The van der Waals surface area contributed by atoms with Crippen LogP contribution in [-0.2, 0) is 9.53 Å². The quantitative estimate of drug-likeness (QED) is 0.574. The van der Waals surface area contributed by atoms with Crippen LogP contribution in [0.25, 0.3) is 0 Å². The van der Waals surface area contributed by atoms with Gasteiger partial charge in [0.1, 0.15) is 6.10 Å². The molecule has 0 aromatic carbocycles. The number of carbonyl (C=O) groups is 1. The first-order valence-corrected chi connectivity index (χ1v) is 6.09. The van der Waals surface area contributed by atoms with Crippen LogP contribution in [-0.4, -0.2) is 12.1 Å². The summed E-state index contributed by atoms with van der Waals surface area (Å²) in [6, 6.07) is 0. The van der Waals surface area contributed by atoms with Gasteiger partial charge in [-0.1, -0.05) is 27.2 Å². The van der Waals surface area contributed by atoms with Crippen molar-refractivity contribution in [2.75, 3.05) is 0 Å². The summed E-state index contributed by atoms with van der Waals surface area (Å²) >= 11 is 0. The Kier molecular flexibility index (Phi) is 2.36. The van der Waals surface area contributed by atoms with Crippen LogP contribution in [0.15, 0.2) is 0 Å². The molecule has 0 aromatic heterocycles. The van der Waals surface area contributed by atoms with Gasteiger partial charge in [0.2, 0.25) is 0 Å². The van der Waals surface area contributed by atoms with Crippen molar-refractivity contribution in [2.45, 2.75) is 59.5 Å². The van der Waals surface area contributed by atoms with E-state index in [2.05, 4.69) is 20.8 Å². The second-order valence-corrected chi connectivity index (χ2v) is 6.14. The summed E-state index contributed by atoms with van der Waals surface area (Å²) in [6.45, 7) is 8.82. The first-order chi connectivity index (χ1) is 6.88. The number of cyclic esters (lactones) is 1. The molecule has 1 saturated heterocycles. The van der Waals surface area contributed by atoms with Gasteiger partial charge in [-0.05, 0) is 31.1 Å². The lowest BCUT2D eigenvalue weighted by molar-refractivity contribution is -0.155. The molecule has 1 aliphatic carbocycles. The van der Waals surface area contributed by atoms with Crippen LogP contribution in [0.1, 0.15) is 53.4 Å². The summed E-state index contributed by atoms with van der Waals surface area (Å²) < 4.78 is 5.38. The minimum atomic E-state index is -0.166. The van der Waals surface area contributed by atoms with Crippen molar-refractivity contribution in [2.24, 2.45) is 16.7 Å². The van der Waals surface area contributed by atoms with E-state index in [-0.39, 0.29) is 22.9 Å². The number of rotatable bonds is 0. The molecule has 2 fully saturated rings. The lowest BCUT2D eigenvalue weighted by Gasteiger charge is -2.46. The Labute approximate surface area is 92.4 Å². The van der Waals surface area contributed by atoms with Crippen molar-refractivity contribution < 1.29 is 9.53 Å². The first-order valence-electron chi connectivity index (χ1n) is 6.09. The van der Waals surface area contributed by atoms with Crippen molar-refractivity contribution in [1.82, 2.24) is 0 Å². The second-order valence-electron chi connectivity index (χ2n) is 6.14. The number of hydrogen-bond acceptors (Lipinski definition) is 2. The molecule has 1 aliphatic heterocycles. The van der Waals surface area contributed by atoms with E-state index < -0.39 is 0 Å².